The third-order valence-corrected chi connectivity index (χ3v) is 5.09. The van der Waals surface area contributed by atoms with Gasteiger partial charge in [0.2, 0.25) is 0 Å². The molecule has 0 aliphatic rings. The Bertz CT molecular complexity index is 1050. The maximum absolute atomic E-state index is 12.1. The van der Waals surface area contributed by atoms with Crippen LogP contribution in [0.1, 0.15) is 48.8 Å². The topological polar surface area (TPSA) is 68.5 Å². The molecular formula is C25H30N4O2. The minimum absolute atomic E-state index is 0.0792. The van der Waals surface area contributed by atoms with Gasteiger partial charge in [0, 0.05) is 11.3 Å². The molecule has 1 heterocycles. The van der Waals surface area contributed by atoms with Gasteiger partial charge in [0.15, 0.2) is 6.61 Å². The van der Waals surface area contributed by atoms with Crippen molar-refractivity contribution in [2.75, 3.05) is 6.61 Å². The standard InChI is InChI=1S/C25H30N4O2/c1-18-23(19(2)29(28-18)16-20-9-7-6-8-10-20)15-26-27-24(30)17-31-22-13-11-21(12-14-22)25(3,4)5/h6-15H,16-17H2,1-5H3,(H,27,30)/b26-15-. The van der Waals surface area contributed by atoms with Crippen molar-refractivity contribution >= 4 is 12.1 Å². The van der Waals surface area contributed by atoms with Gasteiger partial charge in [0.05, 0.1) is 18.5 Å². The number of aromatic nitrogens is 2. The molecule has 0 bridgehead atoms. The largest absolute Gasteiger partial charge is 0.484 e. The van der Waals surface area contributed by atoms with E-state index < -0.39 is 0 Å². The SMILES string of the molecule is Cc1nn(Cc2ccccc2)c(C)c1/C=N\NC(=O)COc1ccc(C(C)(C)C)cc1. The molecule has 0 saturated heterocycles. The Balaban J connectivity index is 1.54. The van der Waals surface area contributed by atoms with E-state index in [4.69, 9.17) is 4.74 Å². The van der Waals surface area contributed by atoms with E-state index in [-0.39, 0.29) is 17.9 Å². The number of carbonyl (C=O) groups excluding carboxylic acids is 1. The second-order valence-corrected chi connectivity index (χ2v) is 8.58. The third kappa shape index (κ3) is 6.04. The van der Waals surface area contributed by atoms with Crippen molar-refractivity contribution in [2.45, 2.75) is 46.6 Å². The second-order valence-electron chi connectivity index (χ2n) is 8.58. The van der Waals surface area contributed by atoms with Gasteiger partial charge in [-0.3, -0.25) is 9.48 Å². The van der Waals surface area contributed by atoms with Crippen LogP contribution in [0, 0.1) is 13.8 Å². The first-order chi connectivity index (χ1) is 14.7. The summed E-state index contributed by atoms with van der Waals surface area (Å²) in [7, 11) is 0. The van der Waals surface area contributed by atoms with Crippen molar-refractivity contribution in [3.63, 3.8) is 0 Å². The summed E-state index contributed by atoms with van der Waals surface area (Å²) in [4.78, 5) is 12.1. The molecule has 1 aromatic heterocycles. The van der Waals surface area contributed by atoms with Crippen LogP contribution >= 0.6 is 0 Å². The summed E-state index contributed by atoms with van der Waals surface area (Å²) in [5, 5.41) is 8.68. The Morgan fingerprint density at radius 2 is 1.77 bits per heavy atom. The first-order valence-corrected chi connectivity index (χ1v) is 10.4. The molecule has 2 aromatic carbocycles. The van der Waals surface area contributed by atoms with Gasteiger partial charge >= 0.3 is 0 Å². The molecule has 6 nitrogen and oxygen atoms in total. The van der Waals surface area contributed by atoms with E-state index in [1.165, 1.54) is 11.1 Å². The number of rotatable bonds is 7. The summed E-state index contributed by atoms with van der Waals surface area (Å²) >= 11 is 0. The third-order valence-electron chi connectivity index (χ3n) is 5.09. The maximum Gasteiger partial charge on any atom is 0.277 e. The number of hydrazone groups is 1. The van der Waals surface area contributed by atoms with Gasteiger partial charge in [-0.05, 0) is 42.5 Å². The van der Waals surface area contributed by atoms with Gasteiger partial charge in [0.1, 0.15) is 5.75 Å². The lowest BCUT2D eigenvalue weighted by Gasteiger charge is -2.19. The van der Waals surface area contributed by atoms with Crippen molar-refractivity contribution < 1.29 is 9.53 Å². The van der Waals surface area contributed by atoms with Gasteiger partial charge in [0.25, 0.3) is 5.91 Å². The van der Waals surface area contributed by atoms with Crippen molar-refractivity contribution in [2.24, 2.45) is 5.10 Å². The van der Waals surface area contributed by atoms with Crippen molar-refractivity contribution in [1.29, 1.82) is 0 Å². The zero-order chi connectivity index (χ0) is 22.4. The summed E-state index contributed by atoms with van der Waals surface area (Å²) in [6.07, 6.45) is 1.63. The fourth-order valence-electron chi connectivity index (χ4n) is 3.21. The number of amides is 1. The van der Waals surface area contributed by atoms with Gasteiger partial charge in [-0.15, -0.1) is 0 Å². The van der Waals surface area contributed by atoms with E-state index in [1.807, 2.05) is 61.0 Å². The minimum atomic E-state index is -0.317. The first-order valence-electron chi connectivity index (χ1n) is 10.4. The summed E-state index contributed by atoms with van der Waals surface area (Å²) in [5.41, 5.74) is 7.75. The van der Waals surface area contributed by atoms with E-state index in [9.17, 15) is 4.79 Å². The average molecular weight is 419 g/mol. The molecular weight excluding hydrogens is 388 g/mol. The van der Waals surface area contributed by atoms with Crippen LogP contribution in [0.15, 0.2) is 59.7 Å². The lowest BCUT2D eigenvalue weighted by Crippen LogP contribution is -2.24. The van der Waals surface area contributed by atoms with Crippen LogP contribution in [-0.2, 0) is 16.8 Å². The minimum Gasteiger partial charge on any atom is -0.484 e. The van der Waals surface area contributed by atoms with E-state index in [2.05, 4.69) is 48.5 Å². The summed E-state index contributed by atoms with van der Waals surface area (Å²) in [6, 6.07) is 18.0. The molecule has 0 saturated carbocycles. The highest BCUT2D eigenvalue weighted by atomic mass is 16.5. The molecule has 3 aromatic rings. The summed E-state index contributed by atoms with van der Waals surface area (Å²) in [5.74, 6) is 0.337. The number of aryl methyl sites for hydroxylation is 1. The number of benzene rings is 2. The average Bonchev–Trinajstić information content (AvgIpc) is 3.00. The molecule has 162 valence electrons. The van der Waals surface area contributed by atoms with Crippen LogP contribution in [-0.4, -0.2) is 28.5 Å². The first kappa shape index (κ1) is 22.3. The van der Waals surface area contributed by atoms with Gasteiger partial charge in [-0.2, -0.15) is 10.2 Å². The molecule has 31 heavy (non-hydrogen) atoms. The highest BCUT2D eigenvalue weighted by Crippen LogP contribution is 2.24. The molecule has 0 spiro atoms. The predicted molar refractivity (Wildman–Crippen MR) is 124 cm³/mol. The van der Waals surface area contributed by atoms with E-state index in [0.29, 0.717) is 12.3 Å². The number of nitrogens with zero attached hydrogens (tertiary/aromatic N) is 3. The Morgan fingerprint density at radius 3 is 2.42 bits per heavy atom. The molecule has 0 atom stereocenters. The molecule has 0 fully saturated rings. The van der Waals surface area contributed by atoms with E-state index in [0.717, 1.165) is 17.0 Å². The fraction of sp³-hybridized carbons (Fsp3) is 0.320. The molecule has 0 unspecified atom stereocenters. The summed E-state index contributed by atoms with van der Waals surface area (Å²) < 4.78 is 7.50. The number of nitrogens with one attached hydrogen (secondary N) is 1. The van der Waals surface area contributed by atoms with E-state index in [1.54, 1.807) is 6.21 Å². The van der Waals surface area contributed by atoms with Crippen molar-refractivity contribution in [3.05, 3.63) is 82.7 Å². The number of hydrogen-bond acceptors (Lipinski definition) is 4. The lowest BCUT2D eigenvalue weighted by atomic mass is 9.87. The molecule has 0 aliphatic carbocycles. The smallest absolute Gasteiger partial charge is 0.277 e. The van der Waals surface area contributed by atoms with Crippen molar-refractivity contribution in [1.82, 2.24) is 15.2 Å². The number of carbonyl (C=O) groups is 1. The van der Waals surface area contributed by atoms with Gasteiger partial charge < -0.3 is 4.74 Å². The highest BCUT2D eigenvalue weighted by molar-refractivity contribution is 5.84. The molecule has 3 rings (SSSR count). The zero-order valence-corrected chi connectivity index (χ0v) is 18.8. The van der Waals surface area contributed by atoms with Crippen LogP contribution in [0.4, 0.5) is 0 Å². The number of hydrogen-bond donors (Lipinski definition) is 1. The van der Waals surface area contributed by atoms with E-state index >= 15 is 0 Å². The monoisotopic (exact) mass is 418 g/mol. The van der Waals surface area contributed by atoms with Gasteiger partial charge in [-0.1, -0.05) is 63.2 Å². The quantitative estimate of drug-likeness (QED) is 0.457. The molecule has 0 aliphatic heterocycles. The predicted octanol–water partition coefficient (Wildman–Crippen LogP) is 4.37. The van der Waals surface area contributed by atoms with Crippen molar-refractivity contribution in [3.8, 4) is 5.75 Å². The van der Waals surface area contributed by atoms with Crippen LogP contribution in [0.2, 0.25) is 0 Å². The van der Waals surface area contributed by atoms with Crippen LogP contribution < -0.4 is 10.2 Å². The zero-order valence-electron chi connectivity index (χ0n) is 18.8. The Kier molecular flexibility index (Phi) is 6.90. The maximum atomic E-state index is 12.1. The Labute approximate surface area is 183 Å². The lowest BCUT2D eigenvalue weighted by molar-refractivity contribution is -0.123. The van der Waals surface area contributed by atoms with Crippen LogP contribution in [0.25, 0.3) is 0 Å². The molecule has 0 radical (unpaired) electrons. The van der Waals surface area contributed by atoms with Crippen LogP contribution in [0.3, 0.4) is 0 Å². The van der Waals surface area contributed by atoms with Gasteiger partial charge in [-0.25, -0.2) is 5.43 Å². The molecule has 1 N–H and O–H groups in total. The normalized spacial score (nSPS) is 11.6. The second kappa shape index (κ2) is 9.60. The highest BCUT2D eigenvalue weighted by Gasteiger charge is 2.13. The Morgan fingerprint density at radius 1 is 1.10 bits per heavy atom. The molecule has 1 amide bonds. The van der Waals surface area contributed by atoms with Crippen LogP contribution in [0.5, 0.6) is 5.75 Å². The Hall–Kier alpha value is -3.41. The summed E-state index contributed by atoms with van der Waals surface area (Å²) in [6.45, 7) is 11.0. The molecule has 6 heteroatoms. The fourth-order valence-corrected chi connectivity index (χ4v) is 3.21. The number of ether oxygens (including phenoxy) is 1.